The van der Waals surface area contributed by atoms with Crippen LogP contribution in [0.3, 0.4) is 0 Å². The van der Waals surface area contributed by atoms with Gasteiger partial charge in [-0.25, -0.2) is 18.0 Å². The van der Waals surface area contributed by atoms with Gasteiger partial charge in [0.05, 0.1) is 41.1 Å². The minimum absolute atomic E-state index is 0.0268. The van der Waals surface area contributed by atoms with Gasteiger partial charge in [0.25, 0.3) is 11.5 Å². The van der Waals surface area contributed by atoms with Crippen molar-refractivity contribution in [2.24, 2.45) is 0 Å². The molecule has 0 radical (unpaired) electrons. The normalized spacial score (nSPS) is 23.9. The molecule has 0 spiro atoms. The number of halogens is 3. The van der Waals surface area contributed by atoms with E-state index in [-0.39, 0.29) is 53.9 Å². The molecule has 0 unspecified atom stereocenters. The molecule has 5 heterocycles. The number of hydrogen-bond donors (Lipinski definition) is 2. The van der Waals surface area contributed by atoms with Gasteiger partial charge in [0.2, 0.25) is 0 Å². The molecule has 2 aromatic heterocycles. The van der Waals surface area contributed by atoms with E-state index in [4.69, 9.17) is 4.74 Å². The SMILES string of the molecule is CC[C@@]1(O)C(=O)OCc2c1cc1n(c2=O)Cc2c-1c(=O)c1cc(F)ccc1n2C[C@H]1CC(F)(F)CN1. The molecule has 0 bridgehead atoms. The van der Waals surface area contributed by atoms with Crippen molar-refractivity contribution in [3.63, 3.8) is 0 Å². The molecule has 2 N–H and O–H groups in total. The van der Waals surface area contributed by atoms with E-state index in [0.29, 0.717) is 11.2 Å². The maximum absolute atomic E-state index is 14.2. The van der Waals surface area contributed by atoms with E-state index in [2.05, 4.69) is 5.32 Å². The van der Waals surface area contributed by atoms with Gasteiger partial charge in [-0.3, -0.25) is 9.59 Å². The van der Waals surface area contributed by atoms with Crippen LogP contribution in [0.15, 0.2) is 33.9 Å². The second kappa shape index (κ2) is 7.53. The maximum Gasteiger partial charge on any atom is 0.343 e. The van der Waals surface area contributed by atoms with Gasteiger partial charge in [-0.05, 0) is 30.7 Å². The summed E-state index contributed by atoms with van der Waals surface area (Å²) in [5.74, 6) is -4.39. The Morgan fingerprint density at radius 3 is 2.69 bits per heavy atom. The molecular weight excluding hydrogens is 479 g/mol. The summed E-state index contributed by atoms with van der Waals surface area (Å²) in [5, 5.41) is 13.9. The summed E-state index contributed by atoms with van der Waals surface area (Å²) in [6.07, 6.45) is -0.454. The Labute approximate surface area is 201 Å². The quantitative estimate of drug-likeness (QED) is 0.417. The van der Waals surface area contributed by atoms with Crippen molar-refractivity contribution in [3.05, 3.63) is 67.5 Å². The van der Waals surface area contributed by atoms with Crippen molar-refractivity contribution in [3.8, 4) is 11.3 Å². The van der Waals surface area contributed by atoms with Crippen molar-refractivity contribution in [2.45, 2.75) is 57.0 Å². The van der Waals surface area contributed by atoms with Crippen LogP contribution in [0.25, 0.3) is 22.2 Å². The Morgan fingerprint density at radius 2 is 2.00 bits per heavy atom. The second-order valence-corrected chi connectivity index (χ2v) is 9.66. The molecule has 6 rings (SSSR count). The number of hydrogen-bond acceptors (Lipinski definition) is 6. The number of fused-ring (bicyclic) bond motifs is 5. The number of aliphatic hydroxyl groups is 1. The number of cyclic esters (lactones) is 1. The van der Waals surface area contributed by atoms with E-state index >= 15 is 0 Å². The summed E-state index contributed by atoms with van der Waals surface area (Å²) in [5.41, 5.74) is -1.81. The Hall–Kier alpha value is -3.44. The van der Waals surface area contributed by atoms with Gasteiger partial charge in [0, 0.05) is 30.0 Å². The predicted octanol–water partition coefficient (Wildman–Crippen LogP) is 1.98. The highest BCUT2D eigenvalue weighted by atomic mass is 19.3. The third-order valence-electron chi connectivity index (χ3n) is 7.54. The first-order chi connectivity index (χ1) is 17.0. The molecule has 1 fully saturated rings. The standard InChI is InChI=1S/C25H22F3N3O5/c1-2-25(35)16-6-18-20-19(9-31(18)22(33)15(16)10-36-23(25)34)30(8-13-7-24(27,28)11-29-13)17-4-3-12(26)5-14(17)21(20)32/h3-6,13,29,35H,2,7-11H2,1H3/t13-,25+/m1/s1. The lowest BCUT2D eigenvalue weighted by Gasteiger charge is -2.31. The Morgan fingerprint density at radius 1 is 1.22 bits per heavy atom. The molecule has 3 aliphatic rings. The second-order valence-electron chi connectivity index (χ2n) is 9.66. The van der Waals surface area contributed by atoms with Gasteiger partial charge in [0.1, 0.15) is 12.4 Å². The molecule has 188 valence electrons. The summed E-state index contributed by atoms with van der Waals surface area (Å²) in [6, 6.07) is 4.55. The molecule has 2 atom stereocenters. The van der Waals surface area contributed by atoms with Crippen LogP contribution in [0.1, 0.15) is 36.6 Å². The third kappa shape index (κ3) is 3.12. The molecule has 3 aliphatic heterocycles. The van der Waals surface area contributed by atoms with Crippen molar-refractivity contribution >= 4 is 16.9 Å². The number of esters is 1. The number of benzene rings is 1. The highest BCUT2D eigenvalue weighted by molar-refractivity contribution is 5.88. The monoisotopic (exact) mass is 501 g/mol. The number of nitrogens with zero attached hydrogens (tertiary/aromatic N) is 2. The maximum atomic E-state index is 14.2. The average Bonchev–Trinajstić information content (AvgIpc) is 3.39. The van der Waals surface area contributed by atoms with E-state index < -0.39 is 53.3 Å². The van der Waals surface area contributed by atoms with Crippen LogP contribution in [0, 0.1) is 5.82 Å². The molecule has 1 aromatic carbocycles. The Bertz CT molecular complexity index is 1590. The number of alkyl halides is 2. The first-order valence-electron chi connectivity index (χ1n) is 11.7. The lowest BCUT2D eigenvalue weighted by molar-refractivity contribution is -0.172. The van der Waals surface area contributed by atoms with Crippen LogP contribution in [-0.2, 0) is 34.8 Å². The molecule has 0 aliphatic carbocycles. The number of nitrogens with one attached hydrogen (secondary N) is 1. The van der Waals surface area contributed by atoms with E-state index in [1.807, 2.05) is 0 Å². The molecule has 36 heavy (non-hydrogen) atoms. The number of carbonyl (C=O) groups excluding carboxylic acids is 1. The number of aromatic nitrogens is 2. The molecule has 0 saturated carbocycles. The smallest absolute Gasteiger partial charge is 0.343 e. The molecular formula is C25H22F3N3O5. The average molecular weight is 501 g/mol. The lowest BCUT2D eigenvalue weighted by Crippen LogP contribution is -2.44. The van der Waals surface area contributed by atoms with Crippen molar-refractivity contribution < 1.29 is 27.8 Å². The molecule has 8 nitrogen and oxygen atoms in total. The molecule has 0 amide bonds. The van der Waals surface area contributed by atoms with Gasteiger partial charge in [-0.1, -0.05) is 6.92 Å². The van der Waals surface area contributed by atoms with Gasteiger partial charge in [-0.2, -0.15) is 0 Å². The molecule has 1 saturated heterocycles. The Kier molecular flexibility index (Phi) is 4.81. The van der Waals surface area contributed by atoms with Crippen LogP contribution in [0.4, 0.5) is 13.2 Å². The van der Waals surface area contributed by atoms with Gasteiger partial charge >= 0.3 is 5.97 Å². The van der Waals surface area contributed by atoms with Crippen LogP contribution in [-0.4, -0.2) is 38.7 Å². The summed E-state index contributed by atoms with van der Waals surface area (Å²) in [4.78, 5) is 39.5. The highest BCUT2D eigenvalue weighted by Gasteiger charge is 2.46. The minimum atomic E-state index is -2.87. The zero-order valence-electron chi connectivity index (χ0n) is 19.2. The van der Waals surface area contributed by atoms with Gasteiger partial charge in [-0.15, -0.1) is 0 Å². The van der Waals surface area contributed by atoms with E-state index in [1.54, 1.807) is 11.5 Å². The molecule has 3 aromatic rings. The summed E-state index contributed by atoms with van der Waals surface area (Å²) in [6.45, 7) is 0.833. The number of pyridine rings is 2. The van der Waals surface area contributed by atoms with Crippen molar-refractivity contribution in [1.29, 1.82) is 0 Å². The van der Waals surface area contributed by atoms with Crippen molar-refractivity contribution in [1.82, 2.24) is 14.5 Å². The first-order valence-corrected chi connectivity index (χ1v) is 11.7. The predicted molar refractivity (Wildman–Crippen MR) is 122 cm³/mol. The number of ether oxygens (including phenoxy) is 1. The van der Waals surface area contributed by atoms with Crippen molar-refractivity contribution in [2.75, 3.05) is 6.54 Å². The minimum Gasteiger partial charge on any atom is -0.458 e. The molecule has 11 heteroatoms. The fourth-order valence-corrected chi connectivity index (χ4v) is 5.67. The topological polar surface area (TPSA) is 103 Å². The van der Waals surface area contributed by atoms with Crippen LogP contribution in [0.2, 0.25) is 0 Å². The zero-order valence-corrected chi connectivity index (χ0v) is 19.2. The van der Waals surface area contributed by atoms with Crippen LogP contribution in [0.5, 0.6) is 0 Å². The summed E-state index contributed by atoms with van der Waals surface area (Å²) >= 11 is 0. The van der Waals surface area contributed by atoms with E-state index in [0.717, 1.165) is 6.07 Å². The van der Waals surface area contributed by atoms with Gasteiger partial charge < -0.3 is 24.3 Å². The fourth-order valence-electron chi connectivity index (χ4n) is 5.67. The number of carbonyl (C=O) groups is 1. The lowest BCUT2D eigenvalue weighted by atomic mass is 9.85. The third-order valence-corrected chi connectivity index (χ3v) is 7.54. The van der Waals surface area contributed by atoms with E-state index in [1.165, 1.54) is 22.8 Å². The van der Waals surface area contributed by atoms with Crippen LogP contribution < -0.4 is 16.3 Å². The van der Waals surface area contributed by atoms with Gasteiger partial charge in [0.15, 0.2) is 11.0 Å². The fraction of sp³-hybridized carbons (Fsp3) is 0.400. The highest BCUT2D eigenvalue weighted by Crippen LogP contribution is 2.38. The summed E-state index contributed by atoms with van der Waals surface area (Å²) in [7, 11) is 0. The van der Waals surface area contributed by atoms with Crippen LogP contribution >= 0.6 is 0 Å². The zero-order chi connectivity index (χ0) is 25.6. The summed E-state index contributed by atoms with van der Waals surface area (Å²) < 4.78 is 50.1. The Balaban J connectivity index is 1.62. The first kappa shape index (κ1) is 23.0. The van der Waals surface area contributed by atoms with E-state index in [9.17, 15) is 32.7 Å². The number of rotatable bonds is 3. The largest absolute Gasteiger partial charge is 0.458 e.